The number of nitrogens with zero attached hydrogens (tertiary/aromatic N) is 14. The minimum atomic E-state index is -1.04. The Morgan fingerprint density at radius 3 is 1.14 bits per heavy atom. The number of hydrogen-bond acceptors (Lipinski definition) is 26. The van der Waals surface area contributed by atoms with Crippen molar-refractivity contribution in [3.63, 3.8) is 0 Å². The molecule has 5 saturated heterocycles. The van der Waals surface area contributed by atoms with E-state index in [4.69, 9.17) is 130 Å². The molecule has 6 N–H and O–H groups in total. The van der Waals surface area contributed by atoms with E-state index in [1.54, 1.807) is 70.0 Å². The van der Waals surface area contributed by atoms with Gasteiger partial charge in [-0.1, -0.05) is 69.6 Å². The summed E-state index contributed by atoms with van der Waals surface area (Å²) in [6.45, 7) is 30.6. The number of carbonyl (C=O) groups excluding carboxylic acids is 5. The lowest BCUT2D eigenvalue weighted by Gasteiger charge is -2.32. The zero-order valence-electron chi connectivity index (χ0n) is 68.0. The van der Waals surface area contributed by atoms with Gasteiger partial charge in [-0.15, -0.1) is 0 Å². The standard InChI is InChI=1S/C22H28ClN5O4.C19H29BN2O5.C18H20ClN5O4.C9H11Cl2N3O.C5H11NO.C4HCl3N2/c1-13(19(29)32-22(2,3)4)27-12-16-9-14(11-28(16)21(27)30)18-17(23)10-24-20(26-18)25-15-5-7-31-8-6-15;1-12(15(23)25-17(2,3)4)21-11-14-9-13(10-22(14)16(21)24)20-26-18(5,6)19(7,8)27-20;1-10(16(25)26)23-9-13-6-11(8-24(13)18(23)27)15-14(19)7-20-17(22-15)21-12-2-4-28-5-3-12;10-7-5-12-9(14-8(7)11)13-6-1-3-15-4-2-6;6-5-1-3-7-4-2-5;5-2-1-8-4(7)9-3(2)6/h9-11,13,15H,5-8,12H2,1-4H3,(H,24,25,26);9-10,12H,11H2,1-8H3;6-8,10,12H,2-5,9H2,1H3,(H,25,26)(H,20,21,22);5-6H,1-4H2,(H,12,13,14);5H,1-4,6H2;1H/t13-;12-;10-;;;/m111.../s1. The smallest absolute Gasteiger partial charge is 0.480 e. The number of halogens is 7. The van der Waals surface area contributed by atoms with E-state index in [-0.39, 0.29) is 52.3 Å². The third-order valence-corrected chi connectivity index (χ3v) is 22.2. The van der Waals surface area contributed by atoms with Gasteiger partial charge in [-0.2, -0.15) is 4.98 Å². The highest BCUT2D eigenvalue weighted by Gasteiger charge is 2.53. The van der Waals surface area contributed by atoms with Crippen molar-refractivity contribution in [3.8, 4) is 22.5 Å². The number of aromatic nitrogens is 11. The normalized spacial score (nSPS) is 18.7. The lowest BCUT2D eigenvalue weighted by molar-refractivity contribution is -0.160. The first kappa shape index (κ1) is 92.5. The molecular formula is C77H100BCl7N18O15. The van der Waals surface area contributed by atoms with Crippen LogP contribution < -0.4 is 27.1 Å². The summed E-state index contributed by atoms with van der Waals surface area (Å²) in [7, 11) is -0.516. The molecule has 7 aromatic rings. The Morgan fingerprint density at radius 1 is 0.492 bits per heavy atom. The second-order valence-corrected chi connectivity index (χ2v) is 34.7. The first-order valence-corrected chi connectivity index (χ1v) is 41.3. The maximum absolute atomic E-state index is 13.0. The maximum atomic E-state index is 13.0. The number of anilines is 3. The number of nitrogens with one attached hydrogen (secondary N) is 3. The Morgan fingerprint density at radius 2 is 0.822 bits per heavy atom. The molecule has 0 aromatic carbocycles. The number of carbonyl (C=O) groups is 6. The molecule has 0 radical (unpaired) electrons. The Labute approximate surface area is 720 Å². The molecule has 0 aliphatic carbocycles. The van der Waals surface area contributed by atoms with Gasteiger partial charge >= 0.3 is 43.1 Å². The van der Waals surface area contributed by atoms with Crippen LogP contribution in [0.5, 0.6) is 0 Å². The summed E-state index contributed by atoms with van der Waals surface area (Å²) >= 11 is 40.4. The lowest BCUT2D eigenvalue weighted by Crippen LogP contribution is -2.43. The summed E-state index contributed by atoms with van der Waals surface area (Å²) in [5.41, 5.74) is 9.03. The summed E-state index contributed by atoms with van der Waals surface area (Å²) in [6.07, 6.45) is 18.6. The van der Waals surface area contributed by atoms with Crippen molar-refractivity contribution in [1.29, 1.82) is 0 Å². The summed E-state index contributed by atoms with van der Waals surface area (Å²) in [4.78, 5) is 111. The third kappa shape index (κ3) is 24.5. The number of amides is 3. The average Bonchev–Trinajstić information content (AvgIpc) is 1.61. The molecule has 0 bridgehead atoms. The quantitative estimate of drug-likeness (QED) is 0.0275. The average molecular weight is 1780 g/mol. The van der Waals surface area contributed by atoms with E-state index >= 15 is 0 Å². The van der Waals surface area contributed by atoms with Crippen molar-refractivity contribution >= 4 is 148 Å². The zero-order chi connectivity index (χ0) is 85.9. The van der Waals surface area contributed by atoms with E-state index in [1.165, 1.54) is 49.3 Å². The molecule has 640 valence electrons. The van der Waals surface area contributed by atoms with E-state index in [2.05, 4.69) is 55.8 Å². The molecule has 15 heterocycles. The molecule has 15 rings (SSSR count). The van der Waals surface area contributed by atoms with Gasteiger partial charge in [0.05, 0.1) is 87.1 Å². The molecule has 8 aliphatic rings. The first-order valence-electron chi connectivity index (χ1n) is 38.7. The van der Waals surface area contributed by atoms with Crippen LogP contribution in [0, 0.1) is 0 Å². The van der Waals surface area contributed by atoms with Crippen LogP contribution in [-0.4, -0.2) is 234 Å². The van der Waals surface area contributed by atoms with Crippen LogP contribution in [0.3, 0.4) is 0 Å². The Hall–Kier alpha value is -7.81. The molecule has 0 unspecified atom stereocenters. The minimum absolute atomic E-state index is 0.101. The second-order valence-electron chi connectivity index (χ2n) is 32.0. The van der Waals surface area contributed by atoms with E-state index < -0.39 is 65.6 Å². The molecule has 33 nitrogen and oxygen atoms in total. The number of hydrogen-bond donors (Lipinski definition) is 5. The number of carboxylic acid groups (broad SMARTS) is 1. The molecule has 8 aliphatic heterocycles. The van der Waals surface area contributed by atoms with E-state index in [1.807, 2.05) is 60.6 Å². The number of nitrogens with two attached hydrogens (primary N) is 1. The first-order chi connectivity index (χ1) is 55.6. The van der Waals surface area contributed by atoms with Gasteiger partial charge in [-0.3, -0.25) is 13.7 Å². The van der Waals surface area contributed by atoms with Gasteiger partial charge < -0.3 is 79.2 Å². The van der Waals surface area contributed by atoms with Crippen LogP contribution in [0.1, 0.15) is 158 Å². The van der Waals surface area contributed by atoms with Crippen molar-refractivity contribution < 1.29 is 71.6 Å². The van der Waals surface area contributed by atoms with Crippen LogP contribution in [0.25, 0.3) is 22.5 Å². The molecule has 5 fully saturated rings. The largest absolute Gasteiger partial charge is 0.496 e. The van der Waals surface area contributed by atoms with Gasteiger partial charge in [0.1, 0.15) is 29.3 Å². The fourth-order valence-corrected chi connectivity index (χ4v) is 13.9. The highest BCUT2D eigenvalue weighted by Crippen LogP contribution is 2.39. The molecule has 118 heavy (non-hydrogen) atoms. The molecule has 7 aromatic heterocycles. The number of carboxylic acids is 1. The third-order valence-electron chi connectivity index (χ3n) is 20.2. The Kier molecular flexibility index (Phi) is 31.5. The topological polar surface area (TPSA) is 386 Å². The van der Waals surface area contributed by atoms with Crippen LogP contribution in [0.15, 0.2) is 61.6 Å². The fraction of sp³-hybridized carbons (Fsp3) is 0.558. The van der Waals surface area contributed by atoms with Gasteiger partial charge in [-0.05, 0) is 171 Å². The predicted molar refractivity (Wildman–Crippen MR) is 447 cm³/mol. The summed E-state index contributed by atoms with van der Waals surface area (Å²) in [5, 5.41) is 21.0. The number of esters is 2. The van der Waals surface area contributed by atoms with Gasteiger partial charge in [-0.25, -0.2) is 63.7 Å². The van der Waals surface area contributed by atoms with Gasteiger partial charge in [0.15, 0.2) is 10.3 Å². The van der Waals surface area contributed by atoms with Gasteiger partial charge in [0.25, 0.3) is 0 Å². The minimum Gasteiger partial charge on any atom is -0.480 e. The zero-order valence-corrected chi connectivity index (χ0v) is 73.3. The number of aliphatic carboxylic acids is 1. The number of rotatable bonds is 15. The maximum Gasteiger partial charge on any atom is 0.496 e. The Bertz CT molecular complexity index is 4680. The van der Waals surface area contributed by atoms with Crippen LogP contribution >= 0.6 is 81.2 Å². The highest BCUT2D eigenvalue weighted by molar-refractivity contribution is 6.62. The summed E-state index contributed by atoms with van der Waals surface area (Å²) in [5.74, 6) is -0.384. The second kappa shape index (κ2) is 40.3. The van der Waals surface area contributed by atoms with Crippen LogP contribution in [0.4, 0.5) is 32.2 Å². The van der Waals surface area contributed by atoms with E-state index in [0.29, 0.717) is 112 Å². The van der Waals surface area contributed by atoms with E-state index in [9.17, 15) is 28.8 Å². The predicted octanol–water partition coefficient (Wildman–Crippen LogP) is 13.4. The fourth-order valence-electron chi connectivity index (χ4n) is 12.8. The highest BCUT2D eigenvalue weighted by atomic mass is 35.5. The molecule has 3 atom stereocenters. The number of ether oxygens (including phenoxy) is 6. The molecule has 3 amide bonds. The van der Waals surface area contributed by atoms with Crippen molar-refractivity contribution in [2.75, 3.05) is 68.8 Å². The van der Waals surface area contributed by atoms with Crippen molar-refractivity contribution in [2.45, 2.75) is 226 Å². The van der Waals surface area contributed by atoms with Gasteiger partial charge in [0, 0.05) is 129 Å². The lowest BCUT2D eigenvalue weighted by atomic mass is 9.81. The SMILES string of the molecule is C[C@H](C(=O)O)N1Cc2cc(-c3nc(NC4CCOCC4)ncc3Cl)cn2C1=O.C[C@H](C(=O)OC(C)(C)C)N1Cc2cc(-c3nc(NC4CCOCC4)ncc3Cl)cn2C1=O.C[C@H](C(=O)OC(C)(C)C)N1Cc2cc(B3OC(C)(C)C(C)(C)O3)cn2C1=O.Clc1cnc(NC2CCOCC2)nc1Cl.Clc1ncc(Cl)c(Cl)n1.NC1CCOCC1. The number of fused-ring (bicyclic) bond motifs is 3. The monoisotopic (exact) mass is 1770 g/mol. The van der Waals surface area contributed by atoms with Gasteiger partial charge in [0.2, 0.25) is 23.1 Å². The van der Waals surface area contributed by atoms with Crippen LogP contribution in [0.2, 0.25) is 35.7 Å². The van der Waals surface area contributed by atoms with Crippen molar-refractivity contribution in [1.82, 2.24) is 68.3 Å². The molecule has 0 saturated carbocycles. The van der Waals surface area contributed by atoms with E-state index in [0.717, 1.165) is 100 Å². The summed E-state index contributed by atoms with van der Waals surface area (Å²) < 4.78 is 48.5. The van der Waals surface area contributed by atoms with Crippen molar-refractivity contribution in [3.05, 3.63) is 114 Å². The molecule has 0 spiro atoms. The molecular weight excluding hydrogens is 1680 g/mol. The summed E-state index contributed by atoms with van der Waals surface area (Å²) in [6, 6.07) is 3.70. The molecule has 41 heteroatoms. The van der Waals surface area contributed by atoms with Crippen LogP contribution in [-0.2, 0) is 71.7 Å². The van der Waals surface area contributed by atoms with Crippen molar-refractivity contribution in [2.24, 2.45) is 5.73 Å². The Balaban J connectivity index is 0.000000158.